The second kappa shape index (κ2) is 6.64. The topological polar surface area (TPSA) is 70.0 Å². The van der Waals surface area contributed by atoms with Gasteiger partial charge in [-0.25, -0.2) is 0 Å². The van der Waals surface area contributed by atoms with Crippen molar-refractivity contribution in [3.05, 3.63) is 57.8 Å². The molecule has 0 spiro atoms. The van der Waals surface area contributed by atoms with Gasteiger partial charge in [0, 0.05) is 23.6 Å². The Morgan fingerprint density at radius 1 is 1.24 bits per heavy atom. The molecule has 0 atom stereocenters. The lowest BCUT2D eigenvalue weighted by molar-refractivity contribution is -0.114. The minimum Gasteiger partial charge on any atom is -0.326 e. The zero-order valence-corrected chi connectivity index (χ0v) is 12.1. The van der Waals surface area contributed by atoms with Gasteiger partial charge in [-0.15, -0.1) is 0 Å². The Labute approximate surface area is 126 Å². The van der Waals surface area contributed by atoms with E-state index in [1.165, 1.54) is 24.3 Å². The van der Waals surface area contributed by atoms with Gasteiger partial charge in [0.25, 0.3) is 0 Å². The van der Waals surface area contributed by atoms with Crippen LogP contribution in [0.1, 0.15) is 22.8 Å². The van der Waals surface area contributed by atoms with Crippen LogP contribution in [0.15, 0.2) is 46.7 Å². The molecule has 1 amide bonds. The van der Waals surface area contributed by atoms with Crippen LogP contribution in [0.2, 0.25) is 0 Å². The number of hydrogen-bond donors (Lipinski definition) is 1. The van der Waals surface area contributed by atoms with Gasteiger partial charge in [0.05, 0.1) is 0 Å². The SMILES string of the molecule is CC(=O)Nc1ccc(/C=C(\C#N)C(=O)c2ccsc2)cc1. The maximum Gasteiger partial charge on any atom is 0.221 e. The second-order valence-corrected chi connectivity index (χ2v) is 5.09. The van der Waals surface area contributed by atoms with E-state index < -0.39 is 0 Å². The van der Waals surface area contributed by atoms with Crippen molar-refractivity contribution < 1.29 is 9.59 Å². The molecule has 4 nitrogen and oxygen atoms in total. The monoisotopic (exact) mass is 296 g/mol. The highest BCUT2D eigenvalue weighted by Crippen LogP contribution is 2.16. The number of anilines is 1. The minimum absolute atomic E-state index is 0.0840. The van der Waals surface area contributed by atoms with Crippen LogP contribution in [0, 0.1) is 11.3 Å². The summed E-state index contributed by atoms with van der Waals surface area (Å²) in [4.78, 5) is 23.0. The van der Waals surface area contributed by atoms with E-state index in [0.717, 1.165) is 5.56 Å². The molecule has 0 unspecified atom stereocenters. The zero-order chi connectivity index (χ0) is 15.2. The van der Waals surface area contributed by atoms with Crippen LogP contribution >= 0.6 is 11.3 Å². The molecule has 0 aliphatic heterocycles. The Bertz CT molecular complexity index is 723. The second-order valence-electron chi connectivity index (χ2n) is 4.31. The number of nitriles is 1. The Kier molecular flexibility index (Phi) is 4.64. The summed E-state index contributed by atoms with van der Waals surface area (Å²) in [5, 5.41) is 15.3. The van der Waals surface area contributed by atoms with Crippen molar-refractivity contribution in [2.75, 3.05) is 5.32 Å². The quantitative estimate of drug-likeness (QED) is 0.533. The van der Waals surface area contributed by atoms with E-state index in [1.807, 2.05) is 6.07 Å². The number of nitrogens with one attached hydrogen (secondary N) is 1. The molecule has 0 radical (unpaired) electrons. The molecule has 0 fully saturated rings. The fourth-order valence-electron chi connectivity index (χ4n) is 1.73. The van der Waals surface area contributed by atoms with E-state index in [0.29, 0.717) is 11.3 Å². The summed E-state index contributed by atoms with van der Waals surface area (Å²) in [5.74, 6) is -0.437. The lowest BCUT2D eigenvalue weighted by Gasteiger charge is -2.02. The highest BCUT2D eigenvalue weighted by atomic mass is 32.1. The fraction of sp³-hybridized carbons (Fsp3) is 0.0625. The van der Waals surface area contributed by atoms with Gasteiger partial charge < -0.3 is 5.32 Å². The minimum atomic E-state index is -0.287. The van der Waals surface area contributed by atoms with Crippen LogP contribution in [0.5, 0.6) is 0 Å². The van der Waals surface area contributed by atoms with Crippen molar-refractivity contribution in [1.29, 1.82) is 5.26 Å². The number of rotatable bonds is 4. The number of carbonyl (C=O) groups is 2. The molecule has 2 rings (SSSR count). The van der Waals surface area contributed by atoms with Gasteiger partial charge in [-0.3, -0.25) is 9.59 Å². The molecular weight excluding hydrogens is 284 g/mol. The molecule has 104 valence electrons. The smallest absolute Gasteiger partial charge is 0.221 e. The molecule has 1 aromatic carbocycles. The third-order valence-corrected chi connectivity index (χ3v) is 3.37. The summed E-state index contributed by atoms with van der Waals surface area (Å²) in [6.07, 6.45) is 1.54. The van der Waals surface area contributed by atoms with E-state index >= 15 is 0 Å². The van der Waals surface area contributed by atoms with Gasteiger partial charge in [-0.1, -0.05) is 12.1 Å². The van der Waals surface area contributed by atoms with E-state index in [2.05, 4.69) is 5.32 Å². The first-order valence-electron chi connectivity index (χ1n) is 6.16. The molecule has 0 aliphatic carbocycles. The standard InChI is InChI=1S/C16H12N2O2S/c1-11(19)18-15-4-2-12(3-5-15)8-14(9-17)16(20)13-6-7-21-10-13/h2-8,10H,1H3,(H,18,19)/b14-8+. The summed E-state index contributed by atoms with van der Waals surface area (Å²) >= 11 is 1.41. The third kappa shape index (κ3) is 3.88. The van der Waals surface area contributed by atoms with Crippen molar-refractivity contribution >= 4 is 34.8 Å². The fourth-order valence-corrected chi connectivity index (χ4v) is 2.37. The van der Waals surface area contributed by atoms with E-state index in [9.17, 15) is 9.59 Å². The predicted octanol–water partition coefficient (Wildman–Crippen LogP) is 3.50. The normalized spacial score (nSPS) is 10.8. The molecule has 2 aromatic rings. The molecule has 0 bridgehead atoms. The Morgan fingerprint density at radius 2 is 1.95 bits per heavy atom. The number of thiophene rings is 1. The number of allylic oxidation sites excluding steroid dienone is 1. The summed E-state index contributed by atoms with van der Waals surface area (Å²) in [7, 11) is 0. The highest BCUT2D eigenvalue weighted by molar-refractivity contribution is 7.08. The van der Waals surface area contributed by atoms with Crippen LogP contribution in [0.3, 0.4) is 0 Å². The zero-order valence-electron chi connectivity index (χ0n) is 11.3. The third-order valence-electron chi connectivity index (χ3n) is 2.69. The number of hydrogen-bond acceptors (Lipinski definition) is 4. The average Bonchev–Trinajstić information content (AvgIpc) is 2.99. The summed E-state index contributed by atoms with van der Waals surface area (Å²) < 4.78 is 0. The Balaban J connectivity index is 2.22. The molecular formula is C16H12N2O2S. The molecule has 1 heterocycles. The van der Waals surface area contributed by atoms with E-state index in [1.54, 1.807) is 41.1 Å². The molecule has 5 heteroatoms. The van der Waals surface area contributed by atoms with Gasteiger partial charge in [-0.2, -0.15) is 16.6 Å². The molecule has 21 heavy (non-hydrogen) atoms. The number of nitrogens with zero attached hydrogens (tertiary/aromatic N) is 1. The summed E-state index contributed by atoms with van der Waals surface area (Å²) in [6.45, 7) is 1.43. The first-order valence-corrected chi connectivity index (χ1v) is 7.11. The van der Waals surface area contributed by atoms with Crippen LogP contribution < -0.4 is 5.32 Å². The van der Waals surface area contributed by atoms with Gasteiger partial charge in [0.15, 0.2) is 0 Å². The highest BCUT2D eigenvalue weighted by Gasteiger charge is 2.12. The number of Topliss-reactive ketones (excluding diaryl/α,β-unsaturated/α-hetero) is 1. The van der Waals surface area contributed by atoms with Crippen molar-refractivity contribution in [3.63, 3.8) is 0 Å². The Hall–Kier alpha value is -2.71. The Morgan fingerprint density at radius 3 is 2.48 bits per heavy atom. The maximum atomic E-state index is 12.1. The van der Waals surface area contributed by atoms with Crippen molar-refractivity contribution in [3.8, 4) is 6.07 Å². The van der Waals surface area contributed by atoms with Crippen molar-refractivity contribution in [1.82, 2.24) is 0 Å². The van der Waals surface area contributed by atoms with Crippen molar-refractivity contribution in [2.45, 2.75) is 6.92 Å². The number of carbonyl (C=O) groups excluding carboxylic acids is 2. The van der Waals surface area contributed by atoms with Crippen LogP contribution in [0.25, 0.3) is 6.08 Å². The van der Waals surface area contributed by atoms with Gasteiger partial charge in [0.1, 0.15) is 11.6 Å². The summed E-state index contributed by atoms with van der Waals surface area (Å²) in [6, 6.07) is 10.5. The van der Waals surface area contributed by atoms with Gasteiger partial charge >= 0.3 is 0 Å². The maximum absolute atomic E-state index is 12.1. The van der Waals surface area contributed by atoms with Crippen molar-refractivity contribution in [2.24, 2.45) is 0 Å². The molecule has 1 aromatic heterocycles. The molecule has 0 saturated heterocycles. The first kappa shape index (κ1) is 14.7. The number of benzene rings is 1. The van der Waals surface area contributed by atoms with Crippen LogP contribution in [-0.2, 0) is 4.79 Å². The molecule has 0 aliphatic rings. The lowest BCUT2D eigenvalue weighted by atomic mass is 10.0. The number of amides is 1. The average molecular weight is 296 g/mol. The van der Waals surface area contributed by atoms with E-state index in [-0.39, 0.29) is 17.3 Å². The first-order chi connectivity index (χ1) is 10.1. The largest absolute Gasteiger partial charge is 0.326 e. The molecule has 1 N–H and O–H groups in total. The predicted molar refractivity (Wildman–Crippen MR) is 83.0 cm³/mol. The summed E-state index contributed by atoms with van der Waals surface area (Å²) in [5.41, 5.74) is 2.00. The van der Waals surface area contributed by atoms with Gasteiger partial charge in [0.2, 0.25) is 11.7 Å². The molecule has 0 saturated carbocycles. The van der Waals surface area contributed by atoms with Crippen LogP contribution in [-0.4, -0.2) is 11.7 Å². The number of ketones is 1. The van der Waals surface area contributed by atoms with Gasteiger partial charge in [-0.05, 0) is 35.2 Å². The lowest BCUT2D eigenvalue weighted by Crippen LogP contribution is -2.05. The van der Waals surface area contributed by atoms with E-state index in [4.69, 9.17) is 5.26 Å². The van der Waals surface area contributed by atoms with Crippen LogP contribution in [0.4, 0.5) is 5.69 Å².